The Labute approximate surface area is 416 Å². The molecular weight excluding hydrogens is 853 g/mol. The van der Waals surface area contributed by atoms with Gasteiger partial charge in [-0.1, -0.05) is 165 Å². The van der Waals surface area contributed by atoms with E-state index in [9.17, 15) is 0 Å². The molecule has 0 bridgehead atoms. The maximum Gasteiger partial charge on any atom is 0.0666 e. The molecule has 0 N–H and O–H groups in total. The standard InChI is InChI=1S/C66H74N2S/c1-37-29-42(64(10,11)12)33-49-47-31-40(62(4,5)6)25-27-46(47)58(57(37)49)45-21-19-22-51(39(45)3)67-53-23-20-24-54-61(53)69(55-35-43(65(13,14)15)30-38(2)59(55)67)56-36-44(66(16,17)18)34-50-48-32-41(63(7,8)9)26-28-52(48)68(54)60(50)56/h19-36,58,69H,1-18H3. The third-order valence-corrected chi connectivity index (χ3v) is 18.6. The number of thiol groups is 1. The Morgan fingerprint density at radius 3 is 1.62 bits per heavy atom. The van der Waals surface area contributed by atoms with E-state index in [2.05, 4.69) is 243 Å². The molecule has 0 amide bonds. The topological polar surface area (TPSA) is 8.17 Å². The molecule has 0 saturated carbocycles. The molecule has 354 valence electrons. The number of nitrogens with zero attached hydrogens (tertiary/aromatic N) is 2. The molecule has 0 radical (unpaired) electrons. The third kappa shape index (κ3) is 6.87. The fourth-order valence-electron chi connectivity index (χ4n) is 12.0. The largest absolute Gasteiger partial charge is 0.308 e. The number of rotatable bonds is 2. The quantitative estimate of drug-likeness (QED) is 0.170. The first-order valence-corrected chi connectivity index (χ1v) is 26.9. The molecular formula is C66H74N2S. The Balaban J connectivity index is 1.21. The van der Waals surface area contributed by atoms with Crippen molar-refractivity contribution >= 4 is 49.8 Å². The maximum atomic E-state index is 2.70. The van der Waals surface area contributed by atoms with Gasteiger partial charge in [0.05, 0.1) is 28.1 Å². The highest BCUT2D eigenvalue weighted by molar-refractivity contribution is 8.17. The first kappa shape index (κ1) is 45.9. The maximum absolute atomic E-state index is 2.70. The molecule has 2 atom stereocenters. The van der Waals surface area contributed by atoms with Crippen LogP contribution >= 0.6 is 10.9 Å². The zero-order chi connectivity index (χ0) is 49.4. The molecule has 1 aromatic heterocycles. The van der Waals surface area contributed by atoms with Crippen molar-refractivity contribution in [3.63, 3.8) is 0 Å². The summed E-state index contributed by atoms with van der Waals surface area (Å²) in [7, 11) is -0.955. The van der Waals surface area contributed by atoms with Crippen LogP contribution in [0.4, 0.5) is 17.1 Å². The fraction of sp³-hybridized carbons (Fsp3) is 0.364. The zero-order valence-corrected chi connectivity index (χ0v) is 45.7. The number of anilines is 3. The van der Waals surface area contributed by atoms with Gasteiger partial charge >= 0.3 is 0 Å². The number of hydrogen-bond donors (Lipinski definition) is 1. The molecule has 2 aliphatic heterocycles. The summed E-state index contributed by atoms with van der Waals surface area (Å²) in [5.74, 6) is 0.119. The predicted octanol–water partition coefficient (Wildman–Crippen LogP) is 18.9. The van der Waals surface area contributed by atoms with Gasteiger partial charge in [0, 0.05) is 37.1 Å². The second kappa shape index (κ2) is 14.8. The average molecular weight is 927 g/mol. The Morgan fingerprint density at radius 2 is 0.957 bits per heavy atom. The first-order chi connectivity index (χ1) is 32.1. The summed E-state index contributed by atoms with van der Waals surface area (Å²) in [6.45, 7) is 42.6. The van der Waals surface area contributed by atoms with E-state index in [4.69, 9.17) is 0 Å². The zero-order valence-electron chi connectivity index (χ0n) is 44.8. The van der Waals surface area contributed by atoms with Crippen LogP contribution in [0.3, 0.4) is 0 Å². The van der Waals surface area contributed by atoms with Crippen molar-refractivity contribution in [3.8, 4) is 16.8 Å². The lowest BCUT2D eigenvalue weighted by molar-refractivity contribution is 0.588. The summed E-state index contributed by atoms with van der Waals surface area (Å²) >= 11 is 0. The SMILES string of the molecule is Cc1cc(C(C)(C)C)cc2c1C(c1cccc(N3c4cccc5c4[SH](c4cc(C(C)(C)C)cc(C)c43)c3cc(C(C)(C)C)cc4c6cc(C(C)(C)C)ccc6n-5c34)c1C)c1ccc(C(C)(C)C)cc1-2. The molecule has 0 spiro atoms. The van der Waals surface area contributed by atoms with Crippen LogP contribution in [0.5, 0.6) is 0 Å². The van der Waals surface area contributed by atoms with E-state index >= 15 is 0 Å². The smallest absolute Gasteiger partial charge is 0.0666 e. The molecule has 11 rings (SSSR count). The third-order valence-electron chi connectivity index (χ3n) is 16.1. The lowest BCUT2D eigenvalue weighted by Gasteiger charge is -2.45. The van der Waals surface area contributed by atoms with Crippen molar-refractivity contribution in [1.29, 1.82) is 0 Å². The Bertz CT molecular complexity index is 3500. The Hall–Kier alpha value is -5.51. The van der Waals surface area contributed by atoms with Crippen molar-refractivity contribution in [2.24, 2.45) is 0 Å². The minimum Gasteiger partial charge on any atom is -0.308 e. The summed E-state index contributed by atoms with van der Waals surface area (Å²) in [5, 5.41) is 2.74. The van der Waals surface area contributed by atoms with Crippen LogP contribution in [0, 0.1) is 20.8 Å². The highest BCUT2D eigenvalue weighted by Crippen LogP contribution is 2.70. The van der Waals surface area contributed by atoms with E-state index in [1.165, 1.54) is 132 Å². The summed E-state index contributed by atoms with van der Waals surface area (Å²) < 4.78 is 2.65. The van der Waals surface area contributed by atoms with Gasteiger partial charge in [-0.25, -0.2) is 0 Å². The van der Waals surface area contributed by atoms with Crippen molar-refractivity contribution in [3.05, 3.63) is 170 Å². The molecule has 0 fully saturated rings. The van der Waals surface area contributed by atoms with E-state index in [-0.39, 0.29) is 33.0 Å². The molecule has 69 heavy (non-hydrogen) atoms. The van der Waals surface area contributed by atoms with Crippen LogP contribution in [-0.4, -0.2) is 4.57 Å². The van der Waals surface area contributed by atoms with Crippen LogP contribution in [-0.2, 0) is 27.1 Å². The van der Waals surface area contributed by atoms with Crippen molar-refractivity contribution in [2.75, 3.05) is 4.90 Å². The minimum absolute atomic E-state index is 0.0208. The molecule has 3 heterocycles. The highest BCUT2D eigenvalue weighted by Gasteiger charge is 2.42. The van der Waals surface area contributed by atoms with Gasteiger partial charge in [-0.15, -0.1) is 0 Å². The second-order valence-electron chi connectivity index (χ2n) is 26.2. The molecule has 3 aliphatic rings. The molecule has 0 saturated heterocycles. The number of aryl methyl sites for hydroxylation is 2. The van der Waals surface area contributed by atoms with Crippen molar-refractivity contribution < 1.29 is 0 Å². The van der Waals surface area contributed by atoms with Gasteiger partial charge in [0.2, 0.25) is 0 Å². The predicted molar refractivity (Wildman–Crippen MR) is 300 cm³/mol. The summed E-state index contributed by atoms with van der Waals surface area (Å²) in [6.07, 6.45) is 0. The van der Waals surface area contributed by atoms with E-state index in [0.29, 0.717) is 0 Å². The summed E-state index contributed by atoms with van der Waals surface area (Å²) in [6, 6.07) is 44.4. The van der Waals surface area contributed by atoms with Gasteiger partial charge in [0.15, 0.2) is 0 Å². The summed E-state index contributed by atoms with van der Waals surface area (Å²) in [5.41, 5.74) is 26.1. The van der Waals surface area contributed by atoms with Crippen LogP contribution < -0.4 is 4.90 Å². The molecule has 3 heteroatoms. The lowest BCUT2D eigenvalue weighted by atomic mass is 9.80. The number of aromatic nitrogens is 1. The number of benzene rings is 7. The normalized spacial score (nSPS) is 17.0. The van der Waals surface area contributed by atoms with Crippen molar-refractivity contribution in [1.82, 2.24) is 4.57 Å². The monoisotopic (exact) mass is 927 g/mol. The minimum atomic E-state index is -0.955. The number of hydrogen-bond acceptors (Lipinski definition) is 1. The highest BCUT2D eigenvalue weighted by atomic mass is 32.2. The summed E-state index contributed by atoms with van der Waals surface area (Å²) in [4.78, 5) is 7.11. The van der Waals surface area contributed by atoms with Gasteiger partial charge < -0.3 is 9.47 Å². The Morgan fingerprint density at radius 1 is 0.435 bits per heavy atom. The van der Waals surface area contributed by atoms with Crippen LogP contribution in [0.2, 0.25) is 0 Å². The van der Waals surface area contributed by atoms with E-state index in [1.54, 1.807) is 0 Å². The van der Waals surface area contributed by atoms with Gasteiger partial charge in [-0.2, -0.15) is 10.9 Å². The molecule has 1 aliphatic carbocycles. The average Bonchev–Trinajstić information content (AvgIpc) is 3.77. The molecule has 2 unspecified atom stereocenters. The van der Waals surface area contributed by atoms with Crippen LogP contribution in [0.1, 0.15) is 171 Å². The lowest BCUT2D eigenvalue weighted by Crippen LogP contribution is -2.24. The van der Waals surface area contributed by atoms with E-state index < -0.39 is 10.9 Å². The molecule has 2 nitrogen and oxygen atoms in total. The molecule has 8 aromatic rings. The second-order valence-corrected chi connectivity index (χ2v) is 28.2. The van der Waals surface area contributed by atoms with Gasteiger partial charge in [0.25, 0.3) is 0 Å². The van der Waals surface area contributed by atoms with E-state index in [1.807, 2.05) is 0 Å². The number of fused-ring (bicyclic) bond motifs is 10. The Kier molecular flexibility index (Phi) is 9.82. The van der Waals surface area contributed by atoms with Crippen LogP contribution in [0.15, 0.2) is 124 Å². The van der Waals surface area contributed by atoms with Crippen molar-refractivity contribution in [2.45, 2.75) is 172 Å². The first-order valence-electron chi connectivity index (χ1n) is 25.6. The van der Waals surface area contributed by atoms with E-state index in [0.717, 1.165) is 0 Å². The van der Waals surface area contributed by atoms with Gasteiger partial charge in [-0.05, 0) is 169 Å². The van der Waals surface area contributed by atoms with Gasteiger partial charge in [0.1, 0.15) is 0 Å². The molecule has 7 aromatic carbocycles. The fourth-order valence-corrected chi connectivity index (χ4v) is 15.0. The van der Waals surface area contributed by atoms with Crippen LogP contribution in [0.25, 0.3) is 38.6 Å². The van der Waals surface area contributed by atoms with Gasteiger partial charge in [-0.3, -0.25) is 0 Å².